The minimum atomic E-state index is 0. The van der Waals surface area contributed by atoms with Crippen molar-refractivity contribution in [2.45, 2.75) is 68.7 Å². The minimum Gasteiger partial charge on any atom is -1.00 e. The second-order valence-corrected chi connectivity index (χ2v) is 6.39. The molecule has 2 atom stereocenters. The molecule has 0 aromatic rings. The third-order valence-corrected chi connectivity index (χ3v) is 4.62. The van der Waals surface area contributed by atoms with Gasteiger partial charge in [0, 0.05) is 26.2 Å². The fourth-order valence-electron chi connectivity index (χ4n) is 2.72. The van der Waals surface area contributed by atoms with Gasteiger partial charge >= 0.3 is 51.4 Å². The number of hydrogen-bond acceptors (Lipinski definition) is 5. The number of Topliss-reactive ketones (excluding diaryl/α,β-unsaturated/α-hetero) is 1. The summed E-state index contributed by atoms with van der Waals surface area (Å²) in [5.41, 5.74) is 0. The predicted molar refractivity (Wildman–Crippen MR) is 108 cm³/mol. The normalized spacial score (nSPS) is 22.1. The topological polar surface area (TPSA) is 30.0 Å². The van der Waals surface area contributed by atoms with Crippen LogP contribution in [0.2, 0.25) is 0 Å². The van der Waals surface area contributed by atoms with Gasteiger partial charge in [-0.25, -0.2) is 0 Å². The largest absolute Gasteiger partial charge is 1.00 e. The molecule has 8 heteroatoms. The monoisotopic (exact) mass is 455 g/mol. The van der Waals surface area contributed by atoms with E-state index in [0.717, 1.165) is 0 Å². The van der Waals surface area contributed by atoms with Crippen molar-refractivity contribution < 1.29 is 81.0 Å². The van der Waals surface area contributed by atoms with Crippen LogP contribution in [0.1, 0.15) is 56.4 Å². The molecular formula is C19H46Cl2KN4O-. The molecule has 2 aliphatic rings. The molecule has 2 unspecified atom stereocenters. The Labute approximate surface area is 226 Å². The molecule has 164 valence electrons. The molecule has 0 N–H and O–H groups in total. The number of nitrogens with zero attached hydrogens (tertiary/aromatic N) is 4. The maximum atomic E-state index is 9.44. The number of hydrogen-bond donors (Lipinski definition) is 0. The van der Waals surface area contributed by atoms with Gasteiger partial charge in [0.2, 0.25) is 0 Å². The summed E-state index contributed by atoms with van der Waals surface area (Å²) in [6.07, 6.45) is 1.32. The van der Waals surface area contributed by atoms with Crippen molar-refractivity contribution in [3.8, 4) is 0 Å². The van der Waals surface area contributed by atoms with Crippen molar-refractivity contribution >= 4 is 5.78 Å². The van der Waals surface area contributed by atoms with Gasteiger partial charge in [0.15, 0.2) is 0 Å². The first kappa shape index (κ1) is 42.8. The van der Waals surface area contributed by atoms with Crippen LogP contribution in [-0.4, -0.2) is 91.1 Å². The molecule has 0 radical (unpaired) electrons. The number of rotatable bonds is 2. The maximum absolute atomic E-state index is 9.44. The molecule has 2 fully saturated rings. The number of halogens is 2. The van der Waals surface area contributed by atoms with E-state index in [-0.39, 0.29) is 96.8 Å². The van der Waals surface area contributed by atoms with E-state index in [0.29, 0.717) is 12.3 Å². The SMILES string of the molecule is C.C.CC(C)=O.CCN1CCN(C)C1C.CCN1CCN(C)C1C.[Cl-].[Cl-].[K+]. The molecule has 27 heavy (non-hydrogen) atoms. The third kappa shape index (κ3) is 18.2. The van der Waals surface area contributed by atoms with Crippen molar-refractivity contribution in [2.75, 3.05) is 53.4 Å². The number of carbonyl (C=O) groups is 1. The molecule has 2 rings (SSSR count). The van der Waals surface area contributed by atoms with Gasteiger partial charge in [0.25, 0.3) is 0 Å². The Morgan fingerprint density at radius 3 is 1.07 bits per heavy atom. The van der Waals surface area contributed by atoms with Gasteiger partial charge < -0.3 is 29.6 Å². The van der Waals surface area contributed by atoms with E-state index >= 15 is 0 Å². The Balaban J connectivity index is -0.0000000593. The number of ketones is 1. The van der Waals surface area contributed by atoms with Crippen LogP contribution in [0.25, 0.3) is 0 Å². The van der Waals surface area contributed by atoms with Crippen LogP contribution in [0.15, 0.2) is 0 Å². The van der Waals surface area contributed by atoms with Crippen LogP contribution >= 0.6 is 0 Å². The summed E-state index contributed by atoms with van der Waals surface area (Å²) in [6, 6.07) is 0. The molecule has 0 spiro atoms. The average molecular weight is 457 g/mol. The maximum Gasteiger partial charge on any atom is 1.00 e. The quantitative estimate of drug-likeness (QED) is 0.387. The molecule has 0 amide bonds. The Bertz CT molecular complexity index is 300. The first-order chi connectivity index (χ1) is 10.2. The van der Waals surface area contributed by atoms with E-state index in [9.17, 15) is 4.79 Å². The Morgan fingerprint density at radius 2 is 1.00 bits per heavy atom. The molecule has 0 bridgehead atoms. The summed E-state index contributed by atoms with van der Waals surface area (Å²) in [4.78, 5) is 19.1. The predicted octanol–water partition coefficient (Wildman–Crippen LogP) is -5.92. The van der Waals surface area contributed by atoms with Crippen LogP contribution in [0, 0.1) is 0 Å². The fourth-order valence-corrected chi connectivity index (χ4v) is 2.72. The van der Waals surface area contributed by atoms with Gasteiger partial charge in [-0.15, -0.1) is 0 Å². The smallest absolute Gasteiger partial charge is 1.00 e. The molecule has 0 saturated carbocycles. The van der Waals surface area contributed by atoms with Crippen molar-refractivity contribution in [1.29, 1.82) is 0 Å². The molecular weight excluding hydrogens is 410 g/mol. The van der Waals surface area contributed by atoms with Crippen molar-refractivity contribution in [1.82, 2.24) is 19.6 Å². The first-order valence-electron chi connectivity index (χ1n) is 8.60. The number of likely N-dealkylation sites (N-methyl/N-ethyl adjacent to an activating group) is 4. The van der Waals surface area contributed by atoms with Crippen molar-refractivity contribution in [3.63, 3.8) is 0 Å². The summed E-state index contributed by atoms with van der Waals surface area (Å²) in [6.45, 7) is 19.3. The first-order valence-corrected chi connectivity index (χ1v) is 8.60. The minimum absolute atomic E-state index is 0. The fraction of sp³-hybridized carbons (Fsp3) is 0.947. The van der Waals surface area contributed by atoms with Crippen molar-refractivity contribution in [2.24, 2.45) is 0 Å². The Morgan fingerprint density at radius 1 is 0.778 bits per heavy atom. The summed E-state index contributed by atoms with van der Waals surface area (Å²) >= 11 is 0. The van der Waals surface area contributed by atoms with Gasteiger partial charge in [-0.05, 0) is 54.9 Å². The third-order valence-electron chi connectivity index (χ3n) is 4.62. The van der Waals surface area contributed by atoms with Crippen LogP contribution < -0.4 is 76.2 Å². The average Bonchev–Trinajstić information content (AvgIpc) is 2.95. The Kier molecular flexibility index (Phi) is 38.0. The molecule has 2 heterocycles. The second-order valence-electron chi connectivity index (χ2n) is 6.39. The van der Waals surface area contributed by atoms with Crippen LogP contribution in [0.5, 0.6) is 0 Å². The summed E-state index contributed by atoms with van der Waals surface area (Å²) < 4.78 is 0. The van der Waals surface area contributed by atoms with Crippen LogP contribution in [-0.2, 0) is 4.79 Å². The zero-order valence-corrected chi connectivity index (χ0v) is 22.5. The van der Waals surface area contributed by atoms with E-state index in [1.54, 1.807) is 0 Å². The van der Waals surface area contributed by atoms with E-state index in [2.05, 4.69) is 61.4 Å². The molecule has 2 aliphatic heterocycles. The van der Waals surface area contributed by atoms with E-state index in [1.807, 2.05) is 0 Å². The van der Waals surface area contributed by atoms with Crippen LogP contribution in [0.4, 0.5) is 0 Å². The molecule has 0 aromatic carbocycles. The standard InChI is InChI=1S/2C7H16N2.C3H6O.2CH4.2ClH.K/c2*1-4-9-6-5-8(3)7(9)2;1-3(2)4;;;;;/h2*7H,4-6H2,1-3H3;1-2H3;2*1H4;2*1H;/q;;;;;;;+1/p-2. The summed E-state index contributed by atoms with van der Waals surface area (Å²) in [5, 5.41) is 0. The van der Waals surface area contributed by atoms with Crippen LogP contribution in [0.3, 0.4) is 0 Å². The zero-order chi connectivity index (χ0) is 17.3. The van der Waals surface area contributed by atoms with E-state index < -0.39 is 0 Å². The molecule has 2 saturated heterocycles. The van der Waals surface area contributed by atoms with Gasteiger partial charge in [-0.2, -0.15) is 0 Å². The summed E-state index contributed by atoms with van der Waals surface area (Å²) in [7, 11) is 4.36. The Hall–Kier alpha value is 1.73. The second kappa shape index (κ2) is 24.0. The van der Waals surface area contributed by atoms with Gasteiger partial charge in [0.1, 0.15) is 5.78 Å². The van der Waals surface area contributed by atoms with Gasteiger partial charge in [0.05, 0.1) is 12.3 Å². The van der Waals surface area contributed by atoms with Gasteiger partial charge in [-0.3, -0.25) is 19.6 Å². The molecule has 0 aromatic heterocycles. The molecule has 5 nitrogen and oxygen atoms in total. The molecule has 0 aliphatic carbocycles. The number of carbonyl (C=O) groups excluding carboxylic acids is 1. The van der Waals surface area contributed by atoms with E-state index in [4.69, 9.17) is 0 Å². The van der Waals surface area contributed by atoms with E-state index in [1.165, 1.54) is 53.1 Å². The van der Waals surface area contributed by atoms with Gasteiger partial charge in [-0.1, -0.05) is 28.7 Å². The summed E-state index contributed by atoms with van der Waals surface area (Å²) in [5.74, 6) is 0.167. The van der Waals surface area contributed by atoms with Crippen molar-refractivity contribution in [3.05, 3.63) is 0 Å². The zero-order valence-electron chi connectivity index (χ0n) is 17.9.